The van der Waals surface area contributed by atoms with E-state index in [-0.39, 0.29) is 17.5 Å². The highest BCUT2D eigenvalue weighted by Crippen LogP contribution is 2.68. The second-order valence-corrected chi connectivity index (χ2v) is 14.6. The molecule has 4 saturated carbocycles. The Kier molecular flexibility index (Phi) is 8.47. The molecule has 0 heterocycles. The van der Waals surface area contributed by atoms with Gasteiger partial charge in [0.25, 0.3) is 0 Å². The summed E-state index contributed by atoms with van der Waals surface area (Å²) in [5, 5.41) is 0. The topological polar surface area (TPSA) is 26.3 Å². The average molecular weight is 519 g/mol. The average Bonchev–Trinajstić information content (AvgIpc) is 3.25. The van der Waals surface area contributed by atoms with Crippen LogP contribution in [0.5, 0.6) is 0 Å². The van der Waals surface area contributed by atoms with Gasteiger partial charge in [-0.3, -0.25) is 0 Å². The molecule has 0 aliphatic heterocycles. The van der Waals surface area contributed by atoms with Gasteiger partial charge in [0.2, 0.25) is 0 Å². The van der Waals surface area contributed by atoms with Crippen LogP contribution in [0.2, 0.25) is 0 Å². The fourth-order valence-corrected chi connectivity index (χ4v) is 10.4. The van der Waals surface area contributed by atoms with Crippen LogP contribution >= 0.6 is 0 Å². The molecule has 38 heavy (non-hydrogen) atoms. The minimum Gasteiger partial charge on any atom is -0.459 e. The number of ether oxygens (including phenoxy) is 1. The molecule has 1 aromatic carbocycles. The molecule has 2 nitrogen and oxygen atoms in total. The molecule has 5 rings (SSSR count). The molecule has 0 spiro atoms. The van der Waals surface area contributed by atoms with E-state index >= 15 is 0 Å². The number of esters is 1. The summed E-state index contributed by atoms with van der Waals surface area (Å²) in [6, 6.07) is 10.1. The summed E-state index contributed by atoms with van der Waals surface area (Å²) in [5.74, 6) is 5.54. The summed E-state index contributed by atoms with van der Waals surface area (Å²) in [4.78, 5) is 13.0. The van der Waals surface area contributed by atoms with E-state index < -0.39 is 0 Å². The van der Waals surface area contributed by atoms with E-state index in [9.17, 15) is 4.79 Å². The Morgan fingerprint density at radius 3 is 2.50 bits per heavy atom. The number of benzene rings is 1. The zero-order valence-electron chi connectivity index (χ0n) is 25.0. The molecule has 210 valence electrons. The normalized spacial score (nSPS) is 39.4. The van der Waals surface area contributed by atoms with E-state index in [4.69, 9.17) is 4.74 Å². The molecule has 0 saturated heterocycles. The van der Waals surface area contributed by atoms with Crippen LogP contribution in [0.4, 0.5) is 0 Å². The van der Waals surface area contributed by atoms with Crippen molar-refractivity contribution >= 4 is 12.0 Å². The molecular formula is C36H54O2. The molecule has 0 amide bonds. The molecule has 2 heteroatoms. The van der Waals surface area contributed by atoms with E-state index in [0.29, 0.717) is 17.3 Å². The number of carbonyl (C=O) groups is 1. The van der Waals surface area contributed by atoms with Crippen molar-refractivity contribution < 1.29 is 9.53 Å². The van der Waals surface area contributed by atoms with Gasteiger partial charge in [-0.1, -0.05) is 84.2 Å². The maximum absolute atomic E-state index is 13.0. The monoisotopic (exact) mass is 518 g/mol. The van der Waals surface area contributed by atoms with E-state index in [1.807, 2.05) is 36.4 Å². The Morgan fingerprint density at radius 2 is 1.74 bits per heavy atom. The van der Waals surface area contributed by atoms with Gasteiger partial charge < -0.3 is 4.74 Å². The van der Waals surface area contributed by atoms with Crippen molar-refractivity contribution in [1.82, 2.24) is 0 Å². The lowest BCUT2D eigenvalue weighted by Gasteiger charge is -2.62. The number of hydrogen-bond acceptors (Lipinski definition) is 2. The molecule has 1 aromatic rings. The molecule has 9 atom stereocenters. The first-order chi connectivity index (χ1) is 18.2. The summed E-state index contributed by atoms with van der Waals surface area (Å²) in [6.07, 6.45) is 19.7. The van der Waals surface area contributed by atoms with Crippen molar-refractivity contribution in [2.24, 2.45) is 52.3 Å². The van der Waals surface area contributed by atoms with Crippen LogP contribution in [0, 0.1) is 52.3 Å². The molecule has 0 bridgehead atoms. The maximum atomic E-state index is 13.0. The summed E-state index contributed by atoms with van der Waals surface area (Å²) < 4.78 is 6.37. The van der Waals surface area contributed by atoms with Gasteiger partial charge in [-0.15, -0.1) is 0 Å². The van der Waals surface area contributed by atoms with Crippen molar-refractivity contribution in [2.75, 3.05) is 0 Å². The summed E-state index contributed by atoms with van der Waals surface area (Å²) in [5.41, 5.74) is 1.70. The van der Waals surface area contributed by atoms with E-state index in [0.717, 1.165) is 41.6 Å². The largest absolute Gasteiger partial charge is 0.459 e. The van der Waals surface area contributed by atoms with Crippen molar-refractivity contribution in [1.29, 1.82) is 0 Å². The quantitative estimate of drug-likeness (QED) is 0.253. The minimum atomic E-state index is -0.153. The zero-order chi connectivity index (χ0) is 26.9. The fraction of sp³-hybridized carbons (Fsp3) is 0.750. The molecular weight excluding hydrogens is 464 g/mol. The summed E-state index contributed by atoms with van der Waals surface area (Å²) >= 11 is 0. The van der Waals surface area contributed by atoms with Gasteiger partial charge in [-0.05, 0) is 116 Å². The highest BCUT2D eigenvalue weighted by atomic mass is 16.5. The summed E-state index contributed by atoms with van der Waals surface area (Å²) in [6.45, 7) is 12.5. The predicted octanol–water partition coefficient (Wildman–Crippen LogP) is 9.73. The van der Waals surface area contributed by atoms with Crippen molar-refractivity contribution in [3.05, 3.63) is 42.0 Å². The van der Waals surface area contributed by atoms with Gasteiger partial charge >= 0.3 is 5.97 Å². The van der Waals surface area contributed by atoms with Gasteiger partial charge in [0.05, 0.1) is 0 Å². The first-order valence-electron chi connectivity index (χ1n) is 16.2. The van der Waals surface area contributed by atoms with Gasteiger partial charge in [-0.2, -0.15) is 0 Å². The van der Waals surface area contributed by atoms with Crippen LogP contribution in [0.3, 0.4) is 0 Å². The Labute approximate surface area is 233 Å². The Hall–Kier alpha value is -1.57. The van der Waals surface area contributed by atoms with Gasteiger partial charge in [0, 0.05) is 11.5 Å². The van der Waals surface area contributed by atoms with Crippen LogP contribution in [0.25, 0.3) is 6.08 Å². The number of fused-ring (bicyclic) bond motifs is 5. The van der Waals surface area contributed by atoms with E-state index in [1.165, 1.54) is 70.6 Å². The minimum absolute atomic E-state index is 0.0680. The Balaban J connectivity index is 1.29. The number of carbonyl (C=O) groups excluding carboxylic acids is 1. The second kappa shape index (κ2) is 11.5. The van der Waals surface area contributed by atoms with Crippen molar-refractivity contribution in [2.45, 2.75) is 118 Å². The van der Waals surface area contributed by atoms with Crippen LogP contribution in [0.1, 0.15) is 117 Å². The molecule has 4 fully saturated rings. The zero-order valence-corrected chi connectivity index (χ0v) is 25.0. The molecule has 4 aliphatic rings. The third kappa shape index (κ3) is 5.27. The van der Waals surface area contributed by atoms with Crippen molar-refractivity contribution in [3.63, 3.8) is 0 Å². The van der Waals surface area contributed by atoms with Crippen LogP contribution in [-0.4, -0.2) is 12.1 Å². The third-order valence-corrected chi connectivity index (χ3v) is 12.3. The molecule has 4 aliphatic carbocycles. The predicted molar refractivity (Wildman–Crippen MR) is 158 cm³/mol. The van der Waals surface area contributed by atoms with E-state index in [1.54, 1.807) is 6.08 Å². The molecule has 0 radical (unpaired) electrons. The lowest BCUT2D eigenvalue weighted by atomic mass is 9.44. The fourth-order valence-electron chi connectivity index (χ4n) is 10.4. The Morgan fingerprint density at radius 1 is 0.947 bits per heavy atom. The molecule has 0 N–H and O–H groups in total. The lowest BCUT2D eigenvalue weighted by Crippen LogP contribution is -2.58. The van der Waals surface area contributed by atoms with Crippen LogP contribution < -0.4 is 0 Å². The van der Waals surface area contributed by atoms with Crippen LogP contribution in [0.15, 0.2) is 36.4 Å². The third-order valence-electron chi connectivity index (χ3n) is 12.3. The Bertz CT molecular complexity index is 965. The van der Waals surface area contributed by atoms with E-state index in [2.05, 4.69) is 34.6 Å². The van der Waals surface area contributed by atoms with Gasteiger partial charge in [-0.25, -0.2) is 4.79 Å². The maximum Gasteiger partial charge on any atom is 0.331 e. The number of rotatable bonds is 8. The second-order valence-electron chi connectivity index (χ2n) is 14.6. The molecule has 1 unspecified atom stereocenters. The smallest absolute Gasteiger partial charge is 0.331 e. The highest BCUT2D eigenvalue weighted by Gasteiger charge is 2.62. The SMILES string of the molecule is CC(C)CCC[C@H](C)[C@@H]1CC[C@H]2[C@H]3CC[C@H]4CCCC(OC(=O)/C=C/c5ccccc5)[C@]4(C)[C@H]3CC[C@@]21C. The van der Waals surface area contributed by atoms with Crippen molar-refractivity contribution in [3.8, 4) is 0 Å². The first kappa shape index (κ1) is 28.0. The summed E-state index contributed by atoms with van der Waals surface area (Å²) in [7, 11) is 0. The molecule has 0 aromatic heterocycles. The first-order valence-corrected chi connectivity index (χ1v) is 16.2. The lowest BCUT2D eigenvalue weighted by molar-refractivity contribution is -0.188. The highest BCUT2D eigenvalue weighted by molar-refractivity contribution is 5.87. The van der Waals surface area contributed by atoms with Crippen LogP contribution in [-0.2, 0) is 9.53 Å². The van der Waals surface area contributed by atoms with Gasteiger partial charge in [0.1, 0.15) is 6.10 Å². The standard InChI is InChI=1S/C36H54O2/c1-25(2)11-9-12-26(3)30-20-21-31-29-19-18-28-15-10-16-33(36(28,5)32(29)23-24-35(30,31)4)38-34(37)22-17-27-13-7-6-8-14-27/h6-8,13-14,17,22,25-26,28-33H,9-12,15-16,18-21,23-24H2,1-5H3/b22-17+/t26-,28+,29+,30-,31-,32-,33?,35+,36-/m0/s1. The number of hydrogen-bond donors (Lipinski definition) is 0. The van der Waals surface area contributed by atoms with Gasteiger partial charge in [0.15, 0.2) is 0 Å².